The van der Waals surface area contributed by atoms with E-state index in [0.29, 0.717) is 17.4 Å². The van der Waals surface area contributed by atoms with Crippen LogP contribution >= 0.6 is 0 Å². The van der Waals surface area contributed by atoms with Gasteiger partial charge in [0.05, 0.1) is 14.2 Å². The van der Waals surface area contributed by atoms with Crippen molar-refractivity contribution in [3.8, 4) is 5.75 Å². The molecular weight excluding hydrogens is 340 g/mol. The molecule has 1 aromatic rings. The number of benzene rings is 1. The summed E-state index contributed by atoms with van der Waals surface area (Å²) in [6.45, 7) is 4.66. The molecule has 0 heterocycles. The summed E-state index contributed by atoms with van der Waals surface area (Å²) < 4.78 is 10.5. The molecule has 2 saturated carbocycles. The van der Waals surface area contributed by atoms with E-state index < -0.39 is 5.97 Å². The van der Waals surface area contributed by atoms with E-state index in [9.17, 15) is 9.90 Å². The van der Waals surface area contributed by atoms with Crippen LogP contribution in [0.5, 0.6) is 5.75 Å². The van der Waals surface area contributed by atoms with Gasteiger partial charge in [0.2, 0.25) is 0 Å². The molecule has 0 amide bonds. The lowest BCUT2D eigenvalue weighted by Gasteiger charge is -2.43. The van der Waals surface area contributed by atoms with E-state index >= 15 is 0 Å². The zero-order chi connectivity index (χ0) is 19.6. The van der Waals surface area contributed by atoms with Crippen LogP contribution in [-0.4, -0.2) is 25.3 Å². The van der Waals surface area contributed by atoms with Crippen LogP contribution in [0.1, 0.15) is 50.7 Å². The fourth-order valence-corrected chi connectivity index (χ4v) is 5.08. The van der Waals surface area contributed by atoms with E-state index in [-0.39, 0.29) is 5.75 Å². The van der Waals surface area contributed by atoms with Crippen molar-refractivity contribution in [1.82, 2.24) is 0 Å². The number of phenols is 1. The molecule has 2 aliphatic carbocycles. The number of carbonyl (C=O) groups is 1. The normalized spacial score (nSPS) is 29.5. The average Bonchev–Trinajstić information content (AvgIpc) is 2.63. The largest absolute Gasteiger partial charge is 0.507 e. The molecule has 4 nitrogen and oxygen atoms in total. The van der Waals surface area contributed by atoms with Gasteiger partial charge < -0.3 is 14.6 Å². The highest BCUT2D eigenvalue weighted by Gasteiger charge is 2.38. The van der Waals surface area contributed by atoms with Crippen molar-refractivity contribution in [2.75, 3.05) is 14.2 Å². The van der Waals surface area contributed by atoms with Crippen LogP contribution in [-0.2, 0) is 14.3 Å². The summed E-state index contributed by atoms with van der Waals surface area (Å²) in [7, 11) is 3.05. The number of esters is 1. The minimum atomic E-state index is -0.449. The molecule has 0 radical (unpaired) electrons. The summed E-state index contributed by atoms with van der Waals surface area (Å²) >= 11 is 0. The first-order valence-electron chi connectivity index (χ1n) is 9.80. The van der Waals surface area contributed by atoms with Gasteiger partial charge in [0.15, 0.2) is 0 Å². The van der Waals surface area contributed by atoms with Gasteiger partial charge in [0, 0.05) is 17.2 Å². The highest BCUT2D eigenvalue weighted by Crippen LogP contribution is 2.50. The number of ether oxygens (including phenoxy) is 2. The van der Waals surface area contributed by atoms with Crippen LogP contribution in [0.2, 0.25) is 0 Å². The van der Waals surface area contributed by atoms with Crippen LogP contribution in [0.25, 0.3) is 11.8 Å². The second-order valence-corrected chi connectivity index (χ2v) is 8.13. The molecule has 1 N–H and O–H groups in total. The number of fused-ring (bicyclic) bond motifs is 2. The summed E-state index contributed by atoms with van der Waals surface area (Å²) in [5.74, 6) is 3.23. The lowest BCUT2D eigenvalue weighted by atomic mass is 9.62. The predicted octanol–water partition coefficient (Wildman–Crippen LogP) is 5.03. The number of carbonyl (C=O) groups excluding carboxylic acids is 1. The van der Waals surface area contributed by atoms with E-state index in [1.807, 2.05) is 12.1 Å². The molecule has 0 aromatic heterocycles. The Bertz CT molecular complexity index is 758. The van der Waals surface area contributed by atoms with Gasteiger partial charge in [0.25, 0.3) is 0 Å². The molecule has 4 heteroatoms. The molecule has 2 fully saturated rings. The van der Waals surface area contributed by atoms with E-state index in [0.717, 1.165) is 23.2 Å². The quantitative estimate of drug-likeness (QED) is 0.459. The predicted molar refractivity (Wildman–Crippen MR) is 107 cm³/mol. The summed E-state index contributed by atoms with van der Waals surface area (Å²) in [5, 5.41) is 10.4. The maximum absolute atomic E-state index is 11.3. The Balaban J connectivity index is 1.95. The first-order valence-corrected chi connectivity index (χ1v) is 9.80. The Morgan fingerprint density at radius 3 is 2.56 bits per heavy atom. The fraction of sp³-hybridized carbons (Fsp3) is 0.522. The lowest BCUT2D eigenvalue weighted by Crippen LogP contribution is -2.32. The minimum absolute atomic E-state index is 0.126. The molecule has 0 aliphatic heterocycles. The van der Waals surface area contributed by atoms with E-state index in [4.69, 9.17) is 4.74 Å². The number of aromatic hydroxyl groups is 1. The highest BCUT2D eigenvalue weighted by atomic mass is 16.5. The van der Waals surface area contributed by atoms with Crippen molar-refractivity contribution in [1.29, 1.82) is 0 Å². The molecule has 4 atom stereocenters. The molecule has 146 valence electrons. The summed E-state index contributed by atoms with van der Waals surface area (Å²) in [4.78, 5) is 11.3. The summed E-state index contributed by atoms with van der Waals surface area (Å²) in [6.07, 6.45) is 7.89. The standard InChI is InChI=1S/C23H30O4/c1-14-9-16-11-15(2)22(19(10-14)12-16)23(27-4)18-6-5-17(20(24)13-18)7-8-21(25)26-3/h5-8,13-16,19,24H,9-12H2,1-4H3/b8-7+,23-22-. The van der Waals surface area contributed by atoms with Crippen LogP contribution in [0.4, 0.5) is 0 Å². The number of allylic oxidation sites excluding steroid dienone is 1. The zero-order valence-corrected chi connectivity index (χ0v) is 16.7. The first kappa shape index (κ1) is 19.5. The number of phenolic OH excluding ortho intramolecular Hbond substituents is 1. The molecular formula is C23H30O4. The second-order valence-electron chi connectivity index (χ2n) is 8.13. The van der Waals surface area contributed by atoms with Crippen LogP contribution in [0, 0.1) is 23.7 Å². The maximum atomic E-state index is 11.3. The topological polar surface area (TPSA) is 55.8 Å². The number of methoxy groups -OCH3 is 2. The Hall–Kier alpha value is -2.23. The molecule has 1 aromatic carbocycles. The SMILES string of the molecule is COC(=O)/C=C/c1ccc(/C(OC)=C2\C(C)CC3CC(C)CC2C3)cc1O. The monoisotopic (exact) mass is 370 g/mol. The highest BCUT2D eigenvalue weighted by molar-refractivity contribution is 5.87. The van der Waals surface area contributed by atoms with Crippen molar-refractivity contribution < 1.29 is 19.4 Å². The third kappa shape index (κ3) is 4.20. The van der Waals surface area contributed by atoms with Gasteiger partial charge in [-0.15, -0.1) is 0 Å². The number of rotatable bonds is 4. The molecule has 0 spiro atoms. The smallest absolute Gasteiger partial charge is 0.330 e. The first-order chi connectivity index (χ1) is 12.9. The molecule has 3 rings (SSSR count). The lowest BCUT2D eigenvalue weighted by molar-refractivity contribution is -0.134. The van der Waals surface area contributed by atoms with Crippen molar-refractivity contribution in [2.24, 2.45) is 23.7 Å². The molecule has 2 aliphatic rings. The zero-order valence-electron chi connectivity index (χ0n) is 16.7. The number of hydrogen-bond acceptors (Lipinski definition) is 4. The summed E-state index contributed by atoms with van der Waals surface area (Å²) in [5.41, 5.74) is 2.87. The van der Waals surface area contributed by atoms with Gasteiger partial charge in [-0.1, -0.05) is 26.0 Å². The van der Waals surface area contributed by atoms with Crippen molar-refractivity contribution in [3.05, 3.63) is 41.0 Å². The Kier molecular flexibility index (Phi) is 5.93. The van der Waals surface area contributed by atoms with E-state index in [2.05, 4.69) is 18.6 Å². The second kappa shape index (κ2) is 8.20. The average molecular weight is 370 g/mol. The summed E-state index contributed by atoms with van der Waals surface area (Å²) in [6, 6.07) is 5.49. The van der Waals surface area contributed by atoms with Crippen molar-refractivity contribution >= 4 is 17.8 Å². The van der Waals surface area contributed by atoms with E-state index in [1.165, 1.54) is 44.4 Å². The number of hydrogen-bond donors (Lipinski definition) is 1. The van der Waals surface area contributed by atoms with Gasteiger partial charge in [0.1, 0.15) is 11.5 Å². The van der Waals surface area contributed by atoms with Crippen LogP contribution < -0.4 is 0 Å². The van der Waals surface area contributed by atoms with Gasteiger partial charge in [-0.25, -0.2) is 4.79 Å². The van der Waals surface area contributed by atoms with Crippen LogP contribution in [0.3, 0.4) is 0 Å². The fourth-order valence-electron chi connectivity index (χ4n) is 5.08. The molecule has 4 unspecified atom stereocenters. The molecule has 0 saturated heterocycles. The van der Waals surface area contributed by atoms with Gasteiger partial charge in [-0.2, -0.15) is 0 Å². The third-order valence-corrected chi connectivity index (χ3v) is 6.06. The molecule has 27 heavy (non-hydrogen) atoms. The Morgan fingerprint density at radius 1 is 1.11 bits per heavy atom. The van der Waals surface area contributed by atoms with Gasteiger partial charge in [-0.05, 0) is 67.1 Å². The van der Waals surface area contributed by atoms with Crippen molar-refractivity contribution in [2.45, 2.75) is 39.5 Å². The van der Waals surface area contributed by atoms with E-state index in [1.54, 1.807) is 19.3 Å². The maximum Gasteiger partial charge on any atom is 0.330 e. The van der Waals surface area contributed by atoms with Crippen LogP contribution in [0.15, 0.2) is 29.8 Å². The Morgan fingerprint density at radius 2 is 1.89 bits per heavy atom. The van der Waals surface area contributed by atoms with Crippen molar-refractivity contribution in [3.63, 3.8) is 0 Å². The third-order valence-electron chi connectivity index (χ3n) is 6.06. The van der Waals surface area contributed by atoms with Gasteiger partial charge >= 0.3 is 5.97 Å². The molecule has 2 bridgehead atoms. The van der Waals surface area contributed by atoms with Gasteiger partial charge in [-0.3, -0.25) is 0 Å². The minimum Gasteiger partial charge on any atom is -0.507 e. The Labute approximate surface area is 161 Å².